The van der Waals surface area contributed by atoms with Gasteiger partial charge in [0.05, 0.1) is 17.4 Å². The number of alkyl halides is 3. The first-order valence-corrected chi connectivity index (χ1v) is 11.7. The van der Waals surface area contributed by atoms with Crippen LogP contribution in [0.3, 0.4) is 0 Å². The molecule has 0 aliphatic carbocycles. The summed E-state index contributed by atoms with van der Waals surface area (Å²) in [4.78, 5) is 0. The minimum absolute atomic E-state index is 0.343. The van der Waals surface area contributed by atoms with Crippen LogP contribution >= 0.6 is 0 Å². The molecule has 0 aliphatic rings. The molecule has 0 amide bonds. The third-order valence-corrected chi connectivity index (χ3v) is 6.09. The number of hydrogen-bond donors (Lipinski definition) is 0. The quantitative estimate of drug-likeness (QED) is 0.140. The number of rotatable bonds is 10. The normalized spacial score (nSPS) is 15.0. The minimum Gasteiger partial charge on any atom is -0.370 e. The summed E-state index contributed by atoms with van der Waals surface area (Å²) >= 11 is 0. The summed E-state index contributed by atoms with van der Waals surface area (Å²) in [5.74, 6) is 0. The molecule has 0 unspecified atom stereocenters. The average Bonchev–Trinajstić information content (AvgIpc) is 2.51. The van der Waals surface area contributed by atoms with Crippen molar-refractivity contribution in [1.29, 1.82) is 0 Å². The molecule has 0 N–H and O–H groups in total. The molecule has 0 aliphatic heterocycles. The van der Waals surface area contributed by atoms with Gasteiger partial charge < -0.3 is 8.84 Å². The van der Waals surface area contributed by atoms with E-state index in [0.717, 1.165) is 31.4 Å². The summed E-state index contributed by atoms with van der Waals surface area (Å²) in [6.07, 6.45) is 0.362. The molecule has 25 heavy (non-hydrogen) atoms. The molecule has 0 saturated carbocycles. The van der Waals surface area contributed by atoms with Gasteiger partial charge in [-0.2, -0.15) is 13.2 Å². The molecular formula is C19H28F4OSi. The summed E-state index contributed by atoms with van der Waals surface area (Å²) in [6, 6.07) is 5.08. The SMILES string of the molecule is C=CC[C@@H](O[C@H](CCCCC)[Si](C)(C)F)c1cccc(C(F)(F)F)c1. The third-order valence-electron chi connectivity index (χ3n) is 4.13. The molecule has 0 heterocycles. The van der Waals surface area contributed by atoms with Gasteiger partial charge in [0.2, 0.25) is 0 Å². The largest absolute Gasteiger partial charge is 0.416 e. The van der Waals surface area contributed by atoms with Crippen molar-refractivity contribution >= 4 is 8.41 Å². The fourth-order valence-electron chi connectivity index (χ4n) is 2.69. The molecule has 1 aromatic carbocycles. The maximum atomic E-state index is 14.7. The average molecular weight is 377 g/mol. The van der Waals surface area contributed by atoms with Crippen LogP contribution in [0.25, 0.3) is 0 Å². The molecule has 0 radical (unpaired) electrons. The Balaban J connectivity index is 3.02. The molecule has 0 spiro atoms. The Morgan fingerprint density at radius 1 is 1.24 bits per heavy atom. The van der Waals surface area contributed by atoms with Crippen LogP contribution in [0.4, 0.5) is 17.3 Å². The number of hydrogen-bond acceptors (Lipinski definition) is 1. The summed E-state index contributed by atoms with van der Waals surface area (Å²) in [7, 11) is -3.09. The Morgan fingerprint density at radius 2 is 1.92 bits per heavy atom. The summed E-state index contributed by atoms with van der Waals surface area (Å²) in [5.41, 5.74) is -0.853. The van der Waals surface area contributed by atoms with Gasteiger partial charge in [-0.25, -0.2) is 0 Å². The van der Waals surface area contributed by atoms with Crippen LogP contribution in [0.1, 0.15) is 56.3 Å². The molecule has 1 aromatic rings. The van der Waals surface area contributed by atoms with E-state index < -0.39 is 32.0 Å². The molecule has 0 aromatic heterocycles. The van der Waals surface area contributed by atoms with E-state index in [1.807, 2.05) is 0 Å². The zero-order valence-corrected chi connectivity index (χ0v) is 16.2. The lowest BCUT2D eigenvalue weighted by molar-refractivity contribution is -0.137. The van der Waals surface area contributed by atoms with E-state index in [9.17, 15) is 17.3 Å². The smallest absolute Gasteiger partial charge is 0.370 e. The second-order valence-electron chi connectivity index (χ2n) is 6.82. The van der Waals surface area contributed by atoms with Crippen LogP contribution in [-0.4, -0.2) is 14.1 Å². The highest BCUT2D eigenvalue weighted by atomic mass is 28.4. The third kappa shape index (κ3) is 7.32. The monoisotopic (exact) mass is 376 g/mol. The first kappa shape index (κ1) is 21.9. The Hall–Kier alpha value is -1.14. The lowest BCUT2D eigenvalue weighted by Crippen LogP contribution is -2.40. The second-order valence-corrected chi connectivity index (χ2v) is 10.6. The van der Waals surface area contributed by atoms with Crippen molar-refractivity contribution in [2.45, 2.75) is 70.1 Å². The summed E-state index contributed by atoms with van der Waals surface area (Å²) in [5, 5.41) is 0. The van der Waals surface area contributed by atoms with Crippen LogP contribution in [0.5, 0.6) is 0 Å². The topological polar surface area (TPSA) is 9.23 Å². The van der Waals surface area contributed by atoms with E-state index in [-0.39, 0.29) is 0 Å². The standard InChI is InChI=1S/C19H28F4OSi/c1-5-7-8-13-18(25(3,4)23)24-17(10-6-2)15-11-9-12-16(14-15)19(20,21)22/h6,9,11-12,14,17-18H,2,5,7-8,10,13H2,1,3-4H3/t17-,18+/m1/s1. The Kier molecular flexibility index (Phi) is 8.34. The predicted octanol–water partition coefficient (Wildman–Crippen LogP) is 7.00. The van der Waals surface area contributed by atoms with Gasteiger partial charge in [0.1, 0.15) is 0 Å². The predicted molar refractivity (Wildman–Crippen MR) is 96.6 cm³/mol. The zero-order valence-electron chi connectivity index (χ0n) is 15.2. The fraction of sp³-hybridized carbons (Fsp3) is 0.579. The number of halogens is 4. The van der Waals surface area contributed by atoms with Crippen LogP contribution in [0.2, 0.25) is 13.1 Å². The van der Waals surface area contributed by atoms with E-state index in [4.69, 9.17) is 4.74 Å². The lowest BCUT2D eigenvalue weighted by atomic mass is 10.0. The second kappa shape index (κ2) is 9.53. The van der Waals surface area contributed by atoms with Gasteiger partial charge in [-0.05, 0) is 43.6 Å². The van der Waals surface area contributed by atoms with Gasteiger partial charge in [0.25, 0.3) is 8.41 Å². The molecule has 0 saturated heterocycles. The van der Waals surface area contributed by atoms with E-state index >= 15 is 0 Å². The van der Waals surface area contributed by atoms with E-state index in [2.05, 4.69) is 13.5 Å². The van der Waals surface area contributed by atoms with Gasteiger partial charge in [0.15, 0.2) is 0 Å². The maximum absolute atomic E-state index is 14.7. The molecule has 0 fully saturated rings. The van der Waals surface area contributed by atoms with E-state index in [0.29, 0.717) is 18.4 Å². The summed E-state index contributed by atoms with van der Waals surface area (Å²) < 4.78 is 59.6. The van der Waals surface area contributed by atoms with E-state index in [1.165, 1.54) is 6.07 Å². The maximum Gasteiger partial charge on any atom is 0.416 e. The molecule has 0 bridgehead atoms. The van der Waals surface area contributed by atoms with Gasteiger partial charge in [-0.15, -0.1) is 6.58 Å². The Bertz CT molecular complexity index is 537. The van der Waals surface area contributed by atoms with Crippen molar-refractivity contribution in [3.8, 4) is 0 Å². The Labute approximate surface area is 149 Å². The van der Waals surface area contributed by atoms with Crippen LogP contribution < -0.4 is 0 Å². The molecule has 1 rings (SSSR count). The van der Waals surface area contributed by atoms with Crippen LogP contribution in [0.15, 0.2) is 36.9 Å². The zero-order chi connectivity index (χ0) is 19.1. The highest BCUT2D eigenvalue weighted by Gasteiger charge is 2.36. The highest BCUT2D eigenvalue weighted by molar-refractivity contribution is 6.71. The minimum atomic E-state index is -4.41. The van der Waals surface area contributed by atoms with Crippen molar-refractivity contribution in [3.63, 3.8) is 0 Å². The van der Waals surface area contributed by atoms with Crippen LogP contribution in [-0.2, 0) is 10.9 Å². The fourth-order valence-corrected chi connectivity index (χ4v) is 4.07. The van der Waals surface area contributed by atoms with Gasteiger partial charge >= 0.3 is 6.18 Å². The number of benzene rings is 1. The van der Waals surface area contributed by atoms with Gasteiger partial charge in [0, 0.05) is 0 Å². The number of ether oxygens (including phenoxy) is 1. The van der Waals surface area contributed by atoms with Crippen molar-refractivity contribution in [2.24, 2.45) is 0 Å². The molecule has 142 valence electrons. The summed E-state index contributed by atoms with van der Waals surface area (Å²) in [6.45, 7) is 8.89. The van der Waals surface area contributed by atoms with Crippen molar-refractivity contribution in [2.75, 3.05) is 0 Å². The van der Waals surface area contributed by atoms with Crippen molar-refractivity contribution in [1.82, 2.24) is 0 Å². The molecule has 2 atom stereocenters. The Morgan fingerprint density at radius 3 is 2.44 bits per heavy atom. The lowest BCUT2D eigenvalue weighted by Gasteiger charge is -2.30. The number of unbranched alkanes of at least 4 members (excludes halogenated alkanes) is 2. The first-order valence-electron chi connectivity index (χ1n) is 8.72. The van der Waals surface area contributed by atoms with Crippen molar-refractivity contribution in [3.05, 3.63) is 48.0 Å². The first-order chi connectivity index (χ1) is 11.6. The molecular weight excluding hydrogens is 348 g/mol. The van der Waals surface area contributed by atoms with E-state index in [1.54, 1.807) is 25.2 Å². The highest BCUT2D eigenvalue weighted by Crippen LogP contribution is 2.34. The van der Waals surface area contributed by atoms with Crippen LogP contribution in [0, 0.1) is 0 Å². The van der Waals surface area contributed by atoms with Crippen molar-refractivity contribution < 1.29 is 22.0 Å². The van der Waals surface area contributed by atoms with Gasteiger partial charge in [-0.1, -0.05) is 44.4 Å². The van der Waals surface area contributed by atoms with Gasteiger partial charge in [-0.3, -0.25) is 0 Å². The molecule has 6 heteroatoms. The molecule has 1 nitrogen and oxygen atoms in total.